The Hall–Kier alpha value is -4.60. The number of pyridine rings is 1. The van der Waals surface area contributed by atoms with E-state index in [0.29, 0.717) is 47.0 Å². The van der Waals surface area contributed by atoms with Crippen molar-refractivity contribution in [2.45, 2.75) is 32.2 Å². The molecule has 1 aliphatic heterocycles. The van der Waals surface area contributed by atoms with Crippen LogP contribution in [0.1, 0.15) is 41.7 Å². The van der Waals surface area contributed by atoms with Gasteiger partial charge in [0.1, 0.15) is 23.7 Å². The smallest absolute Gasteiger partial charge is 0.256 e. The van der Waals surface area contributed by atoms with Crippen molar-refractivity contribution in [2.75, 3.05) is 24.1 Å². The first kappa shape index (κ1) is 24.1. The molecule has 0 aliphatic carbocycles. The number of likely N-dealkylation sites (tertiary alicyclic amines) is 1. The van der Waals surface area contributed by atoms with Gasteiger partial charge in [0.15, 0.2) is 5.65 Å². The van der Waals surface area contributed by atoms with Crippen LogP contribution in [0, 0.1) is 0 Å². The predicted octanol–water partition coefficient (Wildman–Crippen LogP) is 3.63. The van der Waals surface area contributed by atoms with Crippen molar-refractivity contribution in [1.29, 1.82) is 0 Å². The van der Waals surface area contributed by atoms with Crippen molar-refractivity contribution in [2.24, 2.45) is 0 Å². The Morgan fingerprint density at radius 2 is 2.00 bits per heavy atom. The lowest BCUT2D eigenvalue weighted by atomic mass is 10.1. The molecule has 0 bridgehead atoms. The standard InChI is InChI=1S/C27H28N8O2/c1-3-5-17-10-12-29-21(14-17)32-27(37)19-8-6-18(7-9-19)24-23-25(28)30-16-31-26(23)35(33-24)20-11-13-34(15-20)22(36)4-2/h4,6-10,12,14,16,20H,2-3,5,11,13,15H2,1H3,(H2,28,30,31)(H,29,32,37). The normalized spacial score (nSPS) is 15.2. The molecule has 37 heavy (non-hydrogen) atoms. The largest absolute Gasteiger partial charge is 0.383 e. The molecule has 0 saturated carbocycles. The highest BCUT2D eigenvalue weighted by Crippen LogP contribution is 2.34. The van der Waals surface area contributed by atoms with E-state index in [0.717, 1.165) is 30.4 Å². The van der Waals surface area contributed by atoms with E-state index in [4.69, 9.17) is 10.8 Å². The van der Waals surface area contributed by atoms with Crippen LogP contribution in [-0.2, 0) is 11.2 Å². The van der Waals surface area contributed by atoms with Gasteiger partial charge in [-0.3, -0.25) is 9.59 Å². The Kier molecular flexibility index (Phi) is 6.63. The molecule has 0 spiro atoms. The molecule has 0 radical (unpaired) electrons. The van der Waals surface area contributed by atoms with Crippen molar-refractivity contribution in [3.8, 4) is 11.3 Å². The molecule has 1 saturated heterocycles. The number of nitrogens with zero attached hydrogens (tertiary/aromatic N) is 6. The number of nitrogens with one attached hydrogen (secondary N) is 1. The number of hydrogen-bond donors (Lipinski definition) is 2. The van der Waals surface area contributed by atoms with Crippen LogP contribution in [0.4, 0.5) is 11.6 Å². The summed E-state index contributed by atoms with van der Waals surface area (Å²) in [5, 5.41) is 8.36. The molecule has 1 unspecified atom stereocenters. The zero-order valence-electron chi connectivity index (χ0n) is 20.6. The van der Waals surface area contributed by atoms with E-state index in [9.17, 15) is 9.59 Å². The summed E-state index contributed by atoms with van der Waals surface area (Å²) < 4.78 is 1.83. The Bertz CT molecular complexity index is 1480. The predicted molar refractivity (Wildman–Crippen MR) is 142 cm³/mol. The molecule has 1 fully saturated rings. The second-order valence-electron chi connectivity index (χ2n) is 9.01. The second kappa shape index (κ2) is 10.2. The topological polar surface area (TPSA) is 132 Å². The summed E-state index contributed by atoms with van der Waals surface area (Å²) in [6.45, 7) is 6.82. The maximum atomic E-state index is 12.8. The number of anilines is 2. The summed E-state index contributed by atoms with van der Waals surface area (Å²) in [4.78, 5) is 39.5. The van der Waals surface area contributed by atoms with Crippen molar-refractivity contribution < 1.29 is 9.59 Å². The van der Waals surface area contributed by atoms with E-state index >= 15 is 0 Å². The van der Waals surface area contributed by atoms with Gasteiger partial charge in [-0.25, -0.2) is 19.6 Å². The minimum atomic E-state index is -0.246. The number of hydrogen-bond acceptors (Lipinski definition) is 7. The maximum absolute atomic E-state index is 12.8. The molecule has 4 aromatic rings. The van der Waals surface area contributed by atoms with Crippen LogP contribution in [0.15, 0.2) is 61.6 Å². The number of aromatic nitrogens is 5. The lowest BCUT2D eigenvalue weighted by Gasteiger charge is -2.14. The zero-order valence-corrected chi connectivity index (χ0v) is 20.6. The number of nitrogen functional groups attached to an aromatic ring is 1. The van der Waals surface area contributed by atoms with E-state index in [1.54, 1.807) is 23.2 Å². The number of carbonyl (C=O) groups excluding carboxylic acids is 2. The summed E-state index contributed by atoms with van der Waals surface area (Å²) in [6.07, 6.45) is 7.13. The van der Waals surface area contributed by atoms with Gasteiger partial charge < -0.3 is 16.0 Å². The van der Waals surface area contributed by atoms with E-state index < -0.39 is 0 Å². The number of aryl methyl sites for hydroxylation is 1. The Morgan fingerprint density at radius 1 is 1.19 bits per heavy atom. The average molecular weight is 497 g/mol. The Labute approximate surface area is 214 Å². The third kappa shape index (κ3) is 4.77. The van der Waals surface area contributed by atoms with Crippen LogP contribution < -0.4 is 11.1 Å². The van der Waals surface area contributed by atoms with E-state index in [1.165, 1.54) is 12.4 Å². The summed E-state index contributed by atoms with van der Waals surface area (Å²) in [7, 11) is 0. The third-order valence-corrected chi connectivity index (χ3v) is 6.54. The lowest BCUT2D eigenvalue weighted by molar-refractivity contribution is -0.125. The molecule has 10 heteroatoms. The van der Waals surface area contributed by atoms with Gasteiger partial charge >= 0.3 is 0 Å². The quantitative estimate of drug-likeness (QED) is 0.373. The fourth-order valence-corrected chi connectivity index (χ4v) is 4.68. The lowest BCUT2D eigenvalue weighted by Crippen LogP contribution is -2.27. The first-order valence-electron chi connectivity index (χ1n) is 12.2. The van der Waals surface area contributed by atoms with Crippen LogP contribution in [-0.4, -0.2) is 54.5 Å². The first-order chi connectivity index (χ1) is 18.0. The fourth-order valence-electron chi connectivity index (χ4n) is 4.68. The summed E-state index contributed by atoms with van der Waals surface area (Å²) >= 11 is 0. The molecule has 1 atom stereocenters. The molecular weight excluding hydrogens is 468 g/mol. The van der Waals surface area contributed by atoms with Crippen molar-refractivity contribution in [3.63, 3.8) is 0 Å². The molecule has 4 heterocycles. The number of nitrogens with two attached hydrogens (primary N) is 1. The second-order valence-corrected chi connectivity index (χ2v) is 9.01. The van der Waals surface area contributed by atoms with Gasteiger partial charge in [0.25, 0.3) is 5.91 Å². The van der Waals surface area contributed by atoms with Gasteiger partial charge in [-0.1, -0.05) is 32.1 Å². The van der Waals surface area contributed by atoms with Crippen LogP contribution in [0.5, 0.6) is 0 Å². The molecule has 1 aliphatic rings. The molecule has 3 aromatic heterocycles. The molecule has 1 aromatic carbocycles. The van der Waals surface area contributed by atoms with Gasteiger partial charge in [0.05, 0.1) is 11.4 Å². The van der Waals surface area contributed by atoms with E-state index in [1.807, 2.05) is 28.9 Å². The van der Waals surface area contributed by atoms with Crippen LogP contribution in [0.2, 0.25) is 0 Å². The number of benzene rings is 1. The third-order valence-electron chi connectivity index (χ3n) is 6.54. The maximum Gasteiger partial charge on any atom is 0.256 e. The van der Waals surface area contributed by atoms with Crippen LogP contribution >= 0.6 is 0 Å². The average Bonchev–Trinajstić information content (AvgIpc) is 3.55. The summed E-state index contributed by atoms with van der Waals surface area (Å²) in [5.41, 5.74) is 9.89. The molecule has 188 valence electrons. The van der Waals surface area contributed by atoms with Gasteiger partial charge in [-0.2, -0.15) is 5.10 Å². The van der Waals surface area contributed by atoms with Gasteiger partial charge in [0.2, 0.25) is 5.91 Å². The van der Waals surface area contributed by atoms with Crippen LogP contribution in [0.3, 0.4) is 0 Å². The fraction of sp³-hybridized carbons (Fsp3) is 0.259. The SMILES string of the molecule is C=CC(=O)N1CCC(n2nc(-c3ccc(C(=O)Nc4cc(CCC)ccn4)cc3)c3c(N)ncnc32)C1. The minimum Gasteiger partial charge on any atom is -0.383 e. The number of carbonyl (C=O) groups is 2. The summed E-state index contributed by atoms with van der Waals surface area (Å²) in [5.74, 6) is 0.497. The van der Waals surface area contributed by atoms with Crippen molar-refractivity contribution in [3.05, 3.63) is 72.7 Å². The molecule has 2 amide bonds. The van der Waals surface area contributed by atoms with Crippen molar-refractivity contribution >= 4 is 34.5 Å². The Balaban J connectivity index is 1.42. The highest BCUT2D eigenvalue weighted by Gasteiger charge is 2.30. The molecule has 10 nitrogen and oxygen atoms in total. The number of fused-ring (bicyclic) bond motifs is 1. The van der Waals surface area contributed by atoms with Gasteiger partial charge in [-0.15, -0.1) is 0 Å². The number of rotatable bonds is 7. The number of amides is 2. The van der Waals surface area contributed by atoms with E-state index in [-0.39, 0.29) is 17.9 Å². The monoisotopic (exact) mass is 496 g/mol. The highest BCUT2D eigenvalue weighted by molar-refractivity contribution is 6.04. The van der Waals surface area contributed by atoms with Crippen LogP contribution in [0.25, 0.3) is 22.3 Å². The Morgan fingerprint density at radius 3 is 2.76 bits per heavy atom. The first-order valence-corrected chi connectivity index (χ1v) is 12.2. The van der Waals surface area contributed by atoms with Crippen molar-refractivity contribution in [1.82, 2.24) is 29.6 Å². The molecule has 5 rings (SSSR count). The zero-order chi connectivity index (χ0) is 25.9. The summed E-state index contributed by atoms with van der Waals surface area (Å²) in [6, 6.07) is 10.9. The van der Waals surface area contributed by atoms with E-state index in [2.05, 4.69) is 33.8 Å². The highest BCUT2D eigenvalue weighted by atomic mass is 16.2. The molecule has 3 N–H and O–H groups in total. The minimum absolute atomic E-state index is 0.0459. The van der Waals surface area contributed by atoms with Gasteiger partial charge in [0, 0.05) is 30.4 Å². The van der Waals surface area contributed by atoms with Gasteiger partial charge in [-0.05, 0) is 48.7 Å². The molecular formula is C27H28N8O2.